The van der Waals surface area contributed by atoms with Gasteiger partial charge in [-0.15, -0.1) is 0 Å². The number of benzene rings is 3. The van der Waals surface area contributed by atoms with E-state index in [1.165, 1.54) is 16.7 Å². The molecule has 0 spiro atoms. The predicted molar refractivity (Wildman–Crippen MR) is 180 cm³/mol. The van der Waals surface area contributed by atoms with Gasteiger partial charge in [0.1, 0.15) is 6.33 Å². The fraction of sp³-hybridized carbons (Fsp3) is 0.278. The van der Waals surface area contributed by atoms with Crippen molar-refractivity contribution in [2.24, 2.45) is 11.8 Å². The van der Waals surface area contributed by atoms with E-state index < -0.39 is 14.4 Å². The standard InChI is InChI=1S/C36H39N5O3Si/c1-24-29(21-44-45(36(3,4)5,27-17-11-7-12-18-27)28-19-13-8-14-20-28)30(25(2)42)32(24)41-23-39-31-33(37-22-38-34(31)41)40-35(43)26-15-9-6-10-16-26/h6-20,22-23,25,29-30,32,42H,1,21H2,2-5H3,(H,37,38,40,43). The molecule has 2 aromatic heterocycles. The zero-order chi connectivity index (χ0) is 31.8. The van der Waals surface area contributed by atoms with Gasteiger partial charge in [0.2, 0.25) is 0 Å². The van der Waals surface area contributed by atoms with Crippen LogP contribution in [-0.2, 0) is 4.43 Å². The van der Waals surface area contributed by atoms with Crippen LogP contribution < -0.4 is 15.7 Å². The summed E-state index contributed by atoms with van der Waals surface area (Å²) in [6.07, 6.45) is 2.48. The minimum absolute atomic E-state index is 0.0757. The first-order valence-corrected chi connectivity index (χ1v) is 17.2. The average molecular weight is 618 g/mol. The molecule has 1 saturated carbocycles. The number of aliphatic hydroxyl groups excluding tert-OH is 1. The van der Waals surface area contributed by atoms with E-state index >= 15 is 0 Å². The first kappa shape index (κ1) is 30.6. The Bertz CT molecular complexity index is 1760. The summed E-state index contributed by atoms with van der Waals surface area (Å²) in [4.78, 5) is 26.3. The highest BCUT2D eigenvalue weighted by Crippen LogP contribution is 2.51. The molecule has 45 heavy (non-hydrogen) atoms. The number of aromatic nitrogens is 4. The van der Waals surface area contributed by atoms with Crippen molar-refractivity contribution in [3.05, 3.63) is 121 Å². The molecule has 1 fully saturated rings. The van der Waals surface area contributed by atoms with Gasteiger partial charge in [-0.1, -0.05) is 106 Å². The highest BCUT2D eigenvalue weighted by atomic mass is 28.4. The third-order valence-corrected chi connectivity index (χ3v) is 14.1. The molecule has 5 aromatic rings. The molecule has 4 atom stereocenters. The van der Waals surface area contributed by atoms with Crippen LogP contribution >= 0.6 is 0 Å². The Labute approximate surface area is 265 Å². The highest BCUT2D eigenvalue weighted by Gasteiger charge is 2.54. The summed E-state index contributed by atoms with van der Waals surface area (Å²) in [6.45, 7) is 13.5. The molecule has 3 aromatic carbocycles. The summed E-state index contributed by atoms with van der Waals surface area (Å²) < 4.78 is 9.19. The Morgan fingerprint density at radius 1 is 0.956 bits per heavy atom. The summed E-state index contributed by atoms with van der Waals surface area (Å²) in [7, 11) is -2.77. The monoisotopic (exact) mass is 617 g/mol. The van der Waals surface area contributed by atoms with Gasteiger partial charge in [-0.3, -0.25) is 4.79 Å². The molecule has 9 heteroatoms. The molecule has 4 unspecified atom stereocenters. The Morgan fingerprint density at radius 3 is 2.09 bits per heavy atom. The molecule has 1 amide bonds. The topological polar surface area (TPSA) is 102 Å². The zero-order valence-electron chi connectivity index (χ0n) is 26.1. The molecule has 0 radical (unpaired) electrons. The van der Waals surface area contributed by atoms with Crippen LogP contribution in [0.15, 0.2) is 116 Å². The number of carbonyl (C=O) groups is 1. The maximum absolute atomic E-state index is 12.9. The minimum Gasteiger partial charge on any atom is -0.407 e. The van der Waals surface area contributed by atoms with E-state index in [2.05, 4.69) is 96.1 Å². The van der Waals surface area contributed by atoms with Gasteiger partial charge in [0.25, 0.3) is 14.2 Å². The van der Waals surface area contributed by atoms with E-state index in [0.29, 0.717) is 29.2 Å². The van der Waals surface area contributed by atoms with Crippen molar-refractivity contribution >= 4 is 41.6 Å². The predicted octanol–water partition coefficient (Wildman–Crippen LogP) is 5.38. The lowest BCUT2D eigenvalue weighted by Gasteiger charge is -2.51. The second-order valence-corrected chi connectivity index (χ2v) is 17.1. The summed E-state index contributed by atoms with van der Waals surface area (Å²) in [6, 6.07) is 29.8. The van der Waals surface area contributed by atoms with Crippen LogP contribution in [0, 0.1) is 11.8 Å². The Hall–Kier alpha value is -4.44. The van der Waals surface area contributed by atoms with Crippen LogP contribution in [-0.4, -0.2) is 51.6 Å². The van der Waals surface area contributed by atoms with Crippen molar-refractivity contribution in [1.29, 1.82) is 0 Å². The normalized spacial score (nSPS) is 19.2. The van der Waals surface area contributed by atoms with Crippen molar-refractivity contribution < 1.29 is 14.3 Å². The van der Waals surface area contributed by atoms with Crippen LogP contribution in [0.5, 0.6) is 0 Å². The van der Waals surface area contributed by atoms with E-state index in [-0.39, 0.29) is 28.8 Å². The number of imidazole rings is 1. The lowest BCUT2D eigenvalue weighted by molar-refractivity contribution is 0.00528. The number of nitrogens with one attached hydrogen (secondary N) is 1. The smallest absolute Gasteiger partial charge is 0.261 e. The Morgan fingerprint density at radius 2 is 1.53 bits per heavy atom. The number of amides is 1. The molecule has 2 heterocycles. The average Bonchev–Trinajstić information content (AvgIpc) is 3.46. The van der Waals surface area contributed by atoms with Crippen LogP contribution in [0.2, 0.25) is 5.04 Å². The lowest BCUT2D eigenvalue weighted by Crippen LogP contribution is -2.67. The van der Waals surface area contributed by atoms with Gasteiger partial charge in [0.15, 0.2) is 17.0 Å². The third kappa shape index (κ3) is 5.41. The SMILES string of the molecule is C=C1C(CO[Si](c2ccccc2)(c2ccccc2)C(C)(C)C)C(C(C)O)C1n1cnc2c(NC(=O)c3ccccc3)ncnc21. The number of fused-ring (bicyclic) bond motifs is 1. The molecule has 0 bridgehead atoms. The molecule has 1 aliphatic rings. The molecule has 6 rings (SSSR count). The van der Waals surface area contributed by atoms with Gasteiger partial charge in [-0.25, -0.2) is 15.0 Å². The molecular formula is C36H39N5O3Si. The largest absolute Gasteiger partial charge is 0.407 e. The fourth-order valence-electron chi connectivity index (χ4n) is 6.89. The van der Waals surface area contributed by atoms with Crippen molar-refractivity contribution in [2.45, 2.75) is 44.9 Å². The van der Waals surface area contributed by atoms with E-state index in [9.17, 15) is 9.90 Å². The molecule has 0 aliphatic heterocycles. The number of anilines is 1. The summed E-state index contributed by atoms with van der Waals surface area (Å²) in [5.41, 5.74) is 2.52. The van der Waals surface area contributed by atoms with Crippen LogP contribution in [0.3, 0.4) is 0 Å². The maximum atomic E-state index is 12.9. The Balaban J connectivity index is 1.30. The highest BCUT2D eigenvalue weighted by molar-refractivity contribution is 6.99. The first-order valence-electron chi connectivity index (χ1n) is 15.3. The molecule has 0 saturated heterocycles. The van der Waals surface area contributed by atoms with E-state index in [0.717, 1.165) is 5.57 Å². The summed E-state index contributed by atoms with van der Waals surface area (Å²) in [5.74, 6) is -0.197. The summed E-state index contributed by atoms with van der Waals surface area (Å²) >= 11 is 0. The maximum Gasteiger partial charge on any atom is 0.261 e. The lowest BCUT2D eigenvalue weighted by atomic mass is 9.63. The zero-order valence-corrected chi connectivity index (χ0v) is 27.1. The van der Waals surface area contributed by atoms with Crippen LogP contribution in [0.1, 0.15) is 44.1 Å². The number of rotatable bonds is 9. The molecule has 1 aliphatic carbocycles. The van der Waals surface area contributed by atoms with Crippen LogP contribution in [0.25, 0.3) is 11.2 Å². The van der Waals surface area contributed by atoms with Crippen molar-refractivity contribution in [2.75, 3.05) is 11.9 Å². The quantitative estimate of drug-likeness (QED) is 0.170. The molecule has 2 N–H and O–H groups in total. The molecular weight excluding hydrogens is 579 g/mol. The van der Waals surface area contributed by atoms with Gasteiger partial charge in [0, 0.05) is 24.0 Å². The van der Waals surface area contributed by atoms with E-state index in [1.807, 2.05) is 41.8 Å². The number of hydrogen-bond acceptors (Lipinski definition) is 6. The summed E-state index contributed by atoms with van der Waals surface area (Å²) in [5, 5.41) is 16.2. The Kier molecular flexibility index (Phi) is 8.26. The third-order valence-electron chi connectivity index (χ3n) is 9.06. The second kappa shape index (κ2) is 12.2. The van der Waals surface area contributed by atoms with Gasteiger partial charge in [-0.2, -0.15) is 0 Å². The fourth-order valence-corrected chi connectivity index (χ4v) is 11.5. The van der Waals surface area contributed by atoms with E-state index in [4.69, 9.17) is 4.43 Å². The first-order chi connectivity index (χ1) is 21.6. The minimum atomic E-state index is -2.77. The van der Waals surface area contributed by atoms with Crippen molar-refractivity contribution in [1.82, 2.24) is 19.5 Å². The van der Waals surface area contributed by atoms with Crippen LogP contribution in [0.4, 0.5) is 5.82 Å². The van der Waals surface area contributed by atoms with Gasteiger partial charge in [-0.05, 0) is 40.0 Å². The van der Waals surface area contributed by atoms with Crippen molar-refractivity contribution in [3.8, 4) is 0 Å². The molecule has 8 nitrogen and oxygen atoms in total. The number of nitrogens with zero attached hydrogens (tertiary/aromatic N) is 4. The van der Waals surface area contributed by atoms with E-state index in [1.54, 1.807) is 18.5 Å². The number of aliphatic hydroxyl groups is 1. The van der Waals surface area contributed by atoms with Gasteiger partial charge >= 0.3 is 0 Å². The van der Waals surface area contributed by atoms with Crippen molar-refractivity contribution in [3.63, 3.8) is 0 Å². The second-order valence-electron chi connectivity index (χ2n) is 12.8. The number of hydrogen-bond donors (Lipinski definition) is 2. The number of carbonyl (C=O) groups excluding carboxylic acids is 1. The molecule has 230 valence electrons. The van der Waals surface area contributed by atoms with Gasteiger partial charge in [0.05, 0.1) is 18.5 Å². The van der Waals surface area contributed by atoms with Gasteiger partial charge < -0.3 is 19.4 Å².